The van der Waals surface area contributed by atoms with E-state index in [0.717, 1.165) is 0 Å². The van der Waals surface area contributed by atoms with Crippen LogP contribution < -0.4 is 10.6 Å². The van der Waals surface area contributed by atoms with Gasteiger partial charge >= 0.3 is 0 Å². The predicted octanol–water partition coefficient (Wildman–Crippen LogP) is -0.519. The van der Waals surface area contributed by atoms with E-state index in [1.807, 2.05) is 13.8 Å². The summed E-state index contributed by atoms with van der Waals surface area (Å²) in [5.41, 5.74) is 0. The SMILES string of the molecule is CC(C)NCC(=O)NC(C)CO. The van der Waals surface area contributed by atoms with Gasteiger partial charge < -0.3 is 15.7 Å². The van der Waals surface area contributed by atoms with Gasteiger partial charge in [0.15, 0.2) is 0 Å². The van der Waals surface area contributed by atoms with Crippen LogP contribution in [0.5, 0.6) is 0 Å². The number of aliphatic hydroxyl groups is 1. The highest BCUT2D eigenvalue weighted by Gasteiger charge is 2.05. The maximum absolute atomic E-state index is 11.0. The smallest absolute Gasteiger partial charge is 0.234 e. The molecule has 3 N–H and O–H groups in total. The molecule has 0 bridgehead atoms. The van der Waals surface area contributed by atoms with Gasteiger partial charge in [0.1, 0.15) is 0 Å². The molecule has 1 atom stereocenters. The van der Waals surface area contributed by atoms with Crippen molar-refractivity contribution in [1.29, 1.82) is 0 Å². The third-order valence-corrected chi connectivity index (χ3v) is 1.35. The van der Waals surface area contributed by atoms with Gasteiger partial charge in [0.05, 0.1) is 13.2 Å². The number of hydrogen-bond acceptors (Lipinski definition) is 3. The molecular formula is C8H18N2O2. The molecule has 0 aliphatic carbocycles. The van der Waals surface area contributed by atoms with Gasteiger partial charge in [-0.25, -0.2) is 0 Å². The Hall–Kier alpha value is -0.610. The van der Waals surface area contributed by atoms with Crippen LogP contribution in [0.3, 0.4) is 0 Å². The van der Waals surface area contributed by atoms with Gasteiger partial charge in [-0.05, 0) is 6.92 Å². The number of rotatable bonds is 5. The fourth-order valence-corrected chi connectivity index (χ4v) is 0.668. The van der Waals surface area contributed by atoms with Crippen LogP contribution in [0.1, 0.15) is 20.8 Å². The second kappa shape index (κ2) is 5.97. The molecule has 0 fully saturated rings. The zero-order valence-electron chi connectivity index (χ0n) is 7.92. The van der Waals surface area contributed by atoms with Crippen molar-refractivity contribution in [2.75, 3.05) is 13.2 Å². The summed E-state index contributed by atoms with van der Waals surface area (Å²) >= 11 is 0. The molecule has 1 unspecified atom stereocenters. The molecule has 4 nitrogen and oxygen atoms in total. The van der Waals surface area contributed by atoms with Gasteiger partial charge in [-0.1, -0.05) is 13.8 Å². The molecule has 0 saturated carbocycles. The molecular weight excluding hydrogens is 156 g/mol. The Kier molecular flexibility index (Phi) is 5.66. The Morgan fingerprint density at radius 3 is 2.42 bits per heavy atom. The van der Waals surface area contributed by atoms with Gasteiger partial charge in [0.25, 0.3) is 0 Å². The first-order chi connectivity index (χ1) is 5.56. The lowest BCUT2D eigenvalue weighted by atomic mass is 10.3. The van der Waals surface area contributed by atoms with Crippen molar-refractivity contribution in [2.24, 2.45) is 0 Å². The van der Waals surface area contributed by atoms with Crippen LogP contribution in [0.2, 0.25) is 0 Å². The van der Waals surface area contributed by atoms with Crippen LogP contribution in [0.25, 0.3) is 0 Å². The number of carbonyl (C=O) groups excluding carboxylic acids is 1. The fourth-order valence-electron chi connectivity index (χ4n) is 0.668. The van der Waals surface area contributed by atoms with Crippen molar-refractivity contribution in [1.82, 2.24) is 10.6 Å². The molecule has 12 heavy (non-hydrogen) atoms. The lowest BCUT2D eigenvalue weighted by Crippen LogP contribution is -2.42. The minimum atomic E-state index is -0.161. The molecule has 0 aromatic heterocycles. The molecule has 0 rings (SSSR count). The van der Waals surface area contributed by atoms with E-state index in [9.17, 15) is 4.79 Å². The number of amides is 1. The van der Waals surface area contributed by atoms with E-state index in [2.05, 4.69) is 10.6 Å². The minimum Gasteiger partial charge on any atom is -0.394 e. The molecule has 4 heteroatoms. The van der Waals surface area contributed by atoms with E-state index in [-0.39, 0.29) is 18.6 Å². The van der Waals surface area contributed by atoms with Gasteiger partial charge in [-0.2, -0.15) is 0 Å². The maximum Gasteiger partial charge on any atom is 0.234 e. The first kappa shape index (κ1) is 11.4. The summed E-state index contributed by atoms with van der Waals surface area (Å²) in [5, 5.41) is 14.2. The minimum absolute atomic E-state index is 0.0204. The van der Waals surface area contributed by atoms with Gasteiger partial charge in [0, 0.05) is 12.1 Å². The van der Waals surface area contributed by atoms with Crippen LogP contribution in [-0.4, -0.2) is 36.2 Å². The van der Waals surface area contributed by atoms with Crippen molar-refractivity contribution >= 4 is 5.91 Å². The van der Waals surface area contributed by atoms with Crippen LogP contribution in [0.4, 0.5) is 0 Å². The average Bonchev–Trinajstić information content (AvgIpc) is 2.00. The molecule has 72 valence electrons. The summed E-state index contributed by atoms with van der Waals surface area (Å²) in [5.74, 6) is -0.0785. The molecule has 0 aromatic carbocycles. The third kappa shape index (κ3) is 6.12. The average molecular weight is 174 g/mol. The highest BCUT2D eigenvalue weighted by atomic mass is 16.3. The summed E-state index contributed by atoms with van der Waals surface area (Å²) in [6.45, 7) is 5.99. The molecule has 0 saturated heterocycles. The molecule has 0 spiro atoms. The second-order valence-corrected chi connectivity index (χ2v) is 3.19. The van der Waals surface area contributed by atoms with E-state index < -0.39 is 0 Å². The predicted molar refractivity (Wildman–Crippen MR) is 47.8 cm³/mol. The molecule has 0 heterocycles. The normalized spacial score (nSPS) is 13.1. The van der Waals surface area contributed by atoms with Gasteiger partial charge in [-0.3, -0.25) is 4.79 Å². The van der Waals surface area contributed by atoms with E-state index in [4.69, 9.17) is 5.11 Å². The van der Waals surface area contributed by atoms with Crippen LogP contribution in [0, 0.1) is 0 Å². The van der Waals surface area contributed by atoms with E-state index in [1.165, 1.54) is 0 Å². The highest BCUT2D eigenvalue weighted by molar-refractivity contribution is 5.78. The topological polar surface area (TPSA) is 61.4 Å². The quantitative estimate of drug-likeness (QED) is 0.525. The summed E-state index contributed by atoms with van der Waals surface area (Å²) in [4.78, 5) is 11.0. The molecule has 1 amide bonds. The van der Waals surface area contributed by atoms with Crippen LogP contribution in [0.15, 0.2) is 0 Å². The van der Waals surface area contributed by atoms with Crippen molar-refractivity contribution in [3.05, 3.63) is 0 Å². The van der Waals surface area contributed by atoms with Crippen LogP contribution >= 0.6 is 0 Å². The third-order valence-electron chi connectivity index (χ3n) is 1.35. The first-order valence-electron chi connectivity index (χ1n) is 4.20. The van der Waals surface area contributed by atoms with E-state index in [0.29, 0.717) is 12.6 Å². The number of carbonyl (C=O) groups is 1. The van der Waals surface area contributed by atoms with Crippen molar-refractivity contribution in [3.8, 4) is 0 Å². The fraction of sp³-hybridized carbons (Fsp3) is 0.875. The summed E-state index contributed by atoms with van der Waals surface area (Å²) in [6, 6.07) is 0.145. The van der Waals surface area contributed by atoms with Crippen molar-refractivity contribution in [3.63, 3.8) is 0 Å². The molecule has 0 aromatic rings. The Labute approximate surface area is 73.3 Å². The van der Waals surface area contributed by atoms with Crippen molar-refractivity contribution < 1.29 is 9.90 Å². The number of hydrogen-bond donors (Lipinski definition) is 3. The standard InChI is InChI=1S/C8H18N2O2/c1-6(2)9-4-8(12)10-7(3)5-11/h6-7,9,11H,4-5H2,1-3H3,(H,10,12). The lowest BCUT2D eigenvalue weighted by molar-refractivity contribution is -0.121. The molecule has 0 aliphatic rings. The Morgan fingerprint density at radius 2 is 2.00 bits per heavy atom. The maximum atomic E-state index is 11.0. The number of nitrogens with one attached hydrogen (secondary N) is 2. The molecule has 0 aliphatic heterocycles. The summed E-state index contributed by atoms with van der Waals surface area (Å²) < 4.78 is 0. The van der Waals surface area contributed by atoms with E-state index >= 15 is 0 Å². The molecule has 0 radical (unpaired) electrons. The summed E-state index contributed by atoms with van der Waals surface area (Å²) in [6.07, 6.45) is 0. The zero-order valence-corrected chi connectivity index (χ0v) is 7.92. The lowest BCUT2D eigenvalue weighted by Gasteiger charge is -2.12. The van der Waals surface area contributed by atoms with E-state index in [1.54, 1.807) is 6.92 Å². The Morgan fingerprint density at radius 1 is 1.42 bits per heavy atom. The van der Waals surface area contributed by atoms with Crippen molar-refractivity contribution in [2.45, 2.75) is 32.9 Å². The second-order valence-electron chi connectivity index (χ2n) is 3.19. The Bertz CT molecular complexity index is 137. The Balaban J connectivity index is 3.46. The largest absolute Gasteiger partial charge is 0.394 e. The van der Waals surface area contributed by atoms with Gasteiger partial charge in [0.2, 0.25) is 5.91 Å². The monoisotopic (exact) mass is 174 g/mol. The number of aliphatic hydroxyl groups excluding tert-OH is 1. The first-order valence-corrected chi connectivity index (χ1v) is 4.20. The highest BCUT2D eigenvalue weighted by Crippen LogP contribution is 1.79. The summed E-state index contributed by atoms with van der Waals surface area (Å²) in [7, 11) is 0. The zero-order chi connectivity index (χ0) is 9.56. The van der Waals surface area contributed by atoms with Crippen LogP contribution in [-0.2, 0) is 4.79 Å². The van der Waals surface area contributed by atoms with Gasteiger partial charge in [-0.15, -0.1) is 0 Å².